The number of aromatic amines is 1. The van der Waals surface area contributed by atoms with Gasteiger partial charge in [-0.05, 0) is 216 Å². The summed E-state index contributed by atoms with van der Waals surface area (Å²) in [7, 11) is 4.03. The van der Waals surface area contributed by atoms with Gasteiger partial charge in [-0.3, -0.25) is 28.5 Å². The van der Waals surface area contributed by atoms with E-state index in [1.165, 1.54) is 59.5 Å². The smallest absolute Gasteiger partial charge is 0.416 e. The minimum Gasteiger partial charge on any atom is -0.461 e. The van der Waals surface area contributed by atoms with Crippen molar-refractivity contribution in [1.82, 2.24) is 88.6 Å². The number of likely N-dealkylation sites (tertiary alicyclic amines) is 1. The Morgan fingerprint density at radius 2 is 1.35 bits per heavy atom. The Balaban J connectivity index is 0.000000130. The van der Waals surface area contributed by atoms with Crippen LogP contribution in [0.25, 0.3) is 61.1 Å². The number of likely N-dealkylation sites (N-methyl/N-ethyl adjacent to an activating group) is 1. The van der Waals surface area contributed by atoms with E-state index >= 15 is 0 Å². The second-order valence-corrected chi connectivity index (χ2v) is 29.7. The lowest BCUT2D eigenvalue weighted by Crippen LogP contribution is -2.43. The van der Waals surface area contributed by atoms with E-state index < -0.39 is 11.7 Å². The summed E-state index contributed by atoms with van der Waals surface area (Å²) in [6, 6.07) is 35.0. The Hall–Kier alpha value is -13.1. The topological polar surface area (TPSA) is 220 Å². The number of hydrogen-bond acceptors (Lipinski definition) is 18. The summed E-state index contributed by atoms with van der Waals surface area (Å²) in [5.74, 6) is 20.4. The molecule has 0 spiro atoms. The van der Waals surface area contributed by atoms with Gasteiger partial charge >= 0.3 is 6.18 Å². The van der Waals surface area contributed by atoms with Gasteiger partial charge < -0.3 is 27.7 Å². The molecular weight excluding hydrogens is 1450 g/mol. The van der Waals surface area contributed by atoms with E-state index in [-0.39, 0.29) is 6.54 Å². The molecule has 2 aliphatic heterocycles. The van der Waals surface area contributed by atoms with Crippen LogP contribution in [0.15, 0.2) is 185 Å². The van der Waals surface area contributed by atoms with Gasteiger partial charge in [0.15, 0.2) is 28.0 Å². The number of nitrogens with one attached hydrogen (secondary N) is 1. The molecule has 0 radical (unpaired) electrons. The van der Waals surface area contributed by atoms with Crippen LogP contribution in [-0.4, -0.2) is 142 Å². The van der Waals surface area contributed by atoms with Crippen LogP contribution >= 0.6 is 0 Å². The minimum atomic E-state index is -4.48. The van der Waals surface area contributed by atoms with Crippen molar-refractivity contribution in [2.24, 2.45) is 0 Å². The molecule has 25 heteroatoms. The Kier molecular flexibility index (Phi) is 22.0. The third kappa shape index (κ3) is 17.6. The van der Waals surface area contributed by atoms with Crippen LogP contribution in [0.5, 0.6) is 11.6 Å². The maximum atomic E-state index is 13.7. The summed E-state index contributed by atoms with van der Waals surface area (Å²) in [6.45, 7) is 21.5. The molecule has 0 unspecified atom stereocenters. The van der Waals surface area contributed by atoms with E-state index in [1.807, 2.05) is 102 Å². The molecule has 16 aromatic rings. The molecule has 0 atom stereocenters. The van der Waals surface area contributed by atoms with Crippen LogP contribution in [0.2, 0.25) is 0 Å². The molecule has 2 fully saturated rings. The maximum absolute atomic E-state index is 13.7. The molecule has 578 valence electrons. The van der Waals surface area contributed by atoms with Crippen LogP contribution in [-0.2, 0) is 45.2 Å². The lowest BCUT2D eigenvalue weighted by atomic mass is 9.99. The monoisotopic (exact) mass is 1540 g/mol. The fraction of sp³-hybridized carbons (Fsp3) is 0.267. The lowest BCUT2D eigenvalue weighted by molar-refractivity contribution is -0.137. The molecule has 18 rings (SSSR count). The average molecular weight is 1540 g/mol. The predicted octanol–water partition coefficient (Wildman–Crippen LogP) is 16.1. The van der Waals surface area contributed by atoms with Crippen LogP contribution in [0.4, 0.5) is 13.2 Å². The molecule has 11 aromatic heterocycles. The summed E-state index contributed by atoms with van der Waals surface area (Å²) in [5, 5.41) is 21.3. The van der Waals surface area contributed by atoms with Crippen molar-refractivity contribution in [2.75, 3.05) is 53.4 Å². The molecular formula is C90H83F3N18O4. The number of fused-ring (bicyclic) bond motifs is 6. The highest BCUT2D eigenvalue weighted by Crippen LogP contribution is 2.36. The molecule has 2 saturated heterocycles. The highest BCUT2D eigenvalue weighted by Gasteiger charge is 2.32. The molecule has 0 aliphatic carbocycles. The van der Waals surface area contributed by atoms with Crippen molar-refractivity contribution in [3.05, 3.63) is 278 Å². The first-order chi connectivity index (χ1) is 55.8. The molecule has 5 aromatic carbocycles. The van der Waals surface area contributed by atoms with Gasteiger partial charge in [-0.15, -0.1) is 0 Å². The molecule has 115 heavy (non-hydrogen) atoms. The largest absolute Gasteiger partial charge is 0.461 e. The van der Waals surface area contributed by atoms with Gasteiger partial charge in [0.2, 0.25) is 5.58 Å². The Morgan fingerprint density at radius 1 is 0.609 bits per heavy atom. The van der Waals surface area contributed by atoms with Crippen LogP contribution < -0.4 is 4.74 Å². The first-order valence-corrected chi connectivity index (χ1v) is 38.3. The van der Waals surface area contributed by atoms with Crippen molar-refractivity contribution in [1.29, 1.82) is 0 Å². The number of hydrogen-bond donors (Lipinski definition) is 1. The van der Waals surface area contributed by atoms with Gasteiger partial charge in [0.1, 0.15) is 39.5 Å². The van der Waals surface area contributed by atoms with E-state index in [0.29, 0.717) is 74.3 Å². The molecule has 2 aliphatic rings. The number of piperazine rings is 1. The zero-order valence-electron chi connectivity index (χ0n) is 65.1. The van der Waals surface area contributed by atoms with Crippen LogP contribution in [0, 0.1) is 70.1 Å². The van der Waals surface area contributed by atoms with E-state index in [2.05, 4.69) is 165 Å². The minimum absolute atomic E-state index is 0.265. The molecule has 13 heterocycles. The number of nitrogens with zero attached hydrogens (tertiary/aromatic N) is 17. The number of furan rings is 1. The second-order valence-electron chi connectivity index (χ2n) is 29.7. The number of benzene rings is 5. The Labute approximate surface area is 662 Å². The zero-order chi connectivity index (χ0) is 79.3. The average Bonchev–Trinajstić information content (AvgIpc) is 1.62. The van der Waals surface area contributed by atoms with Crippen molar-refractivity contribution in [3.8, 4) is 52.8 Å². The van der Waals surface area contributed by atoms with Gasteiger partial charge in [-0.2, -0.15) is 28.6 Å². The number of alkyl halides is 3. The number of rotatable bonds is 14. The maximum Gasteiger partial charge on any atom is 0.416 e. The summed E-state index contributed by atoms with van der Waals surface area (Å²) < 4.78 is 70.2. The standard InChI is InChI=1S/C31H32N6O.C30H24F3N7O.C29H27N5O2/c1-4-26-18-27-25(16-23-13-21(2)14-24(15-23)19-37-11-9-36(3)10-12-37)20-38-31(27)29(32-26)8-6-22-5-7-28-30(17-22)34-35-33-28;1-19-4-6-26-27(37-41-29(26)25(19)7-5-23-13-35-28-14-34-8-9-40(23)28)17-38(3)16-21-10-22(30(31,32)33)12-24(11-21)39-15-20(2)36-18-39;1-20-14-22(19-33-11-5-3-6-12-33)16-24(15-20)35-29-27-28(36-32-29)25(21(2)17-31-27)10-9-23-18-30-26-8-4-7-13-34(23)26/h5,7,13-15,17-18,20H,4,9-12,16,19H2,1-3H3,(H,33,34,35);4,6,8-15,18H,16-17H2,1-3H3;4,7-8,13-18H,3,5-6,11-12,19H2,1-2H3. The number of imidazole rings is 3. The third-order valence-electron chi connectivity index (χ3n) is 20.6. The zero-order valence-corrected chi connectivity index (χ0v) is 65.1. The number of aromatic nitrogens is 14. The van der Waals surface area contributed by atoms with Gasteiger partial charge in [0.25, 0.3) is 5.88 Å². The number of halogens is 3. The van der Waals surface area contributed by atoms with Crippen molar-refractivity contribution >= 4 is 55.4 Å². The normalized spacial score (nSPS) is 13.5. The second kappa shape index (κ2) is 33.3. The lowest BCUT2D eigenvalue weighted by Gasteiger charge is -2.32. The van der Waals surface area contributed by atoms with Gasteiger partial charge in [-0.1, -0.05) is 78.2 Å². The van der Waals surface area contributed by atoms with Gasteiger partial charge in [-0.25, -0.2) is 24.9 Å². The van der Waals surface area contributed by atoms with E-state index in [1.54, 1.807) is 60.9 Å². The molecule has 22 nitrogen and oxygen atoms in total. The Morgan fingerprint density at radius 3 is 2.13 bits per heavy atom. The number of piperidine rings is 1. The highest BCUT2D eigenvalue weighted by atomic mass is 19.4. The first kappa shape index (κ1) is 75.9. The summed E-state index contributed by atoms with van der Waals surface area (Å²) in [6.07, 6.45) is 18.4. The Bertz CT molecular complexity index is 6470. The van der Waals surface area contributed by atoms with E-state index in [4.69, 9.17) is 23.2 Å². The van der Waals surface area contributed by atoms with Crippen LogP contribution in [0.1, 0.15) is 133 Å². The third-order valence-corrected chi connectivity index (χ3v) is 20.6. The van der Waals surface area contributed by atoms with Gasteiger partial charge in [0.05, 0.1) is 53.6 Å². The molecule has 1 N–H and O–H groups in total. The van der Waals surface area contributed by atoms with Crippen molar-refractivity contribution in [2.45, 2.75) is 106 Å². The SMILES string of the molecule is CCc1cc2c(Cc3cc(C)cc(CN4CCN(C)CC4)c3)coc2c(C#Cc2ccc3n[nH]nc3c2)n1.Cc1cc(CN2CCCCC2)cc(Oc2noc3c(C#Cc4cnc5ccccn45)c(C)cnc23)c1.Cc1cn(-c2cc(CN(C)Cc3noc4c(C#Cc5cnc6cnccn56)c(C)ccc34)cc(C(F)(F)F)c2)cn1. The summed E-state index contributed by atoms with van der Waals surface area (Å²) >= 11 is 0. The summed E-state index contributed by atoms with van der Waals surface area (Å²) in [4.78, 5) is 35.6. The molecule has 0 amide bonds. The first-order valence-electron chi connectivity index (χ1n) is 38.3. The summed E-state index contributed by atoms with van der Waals surface area (Å²) in [5.41, 5.74) is 22.0. The number of H-pyrrole nitrogens is 1. The molecule has 0 saturated carbocycles. The number of aryl methyl sites for hydroxylation is 6. The van der Waals surface area contributed by atoms with Crippen molar-refractivity contribution in [3.63, 3.8) is 0 Å². The highest BCUT2D eigenvalue weighted by molar-refractivity contribution is 5.88. The fourth-order valence-corrected chi connectivity index (χ4v) is 14.8. The number of ether oxygens (including phenoxy) is 1. The fourth-order valence-electron chi connectivity index (χ4n) is 14.8. The predicted molar refractivity (Wildman–Crippen MR) is 434 cm³/mol. The molecule has 0 bridgehead atoms. The number of pyridine rings is 3. The van der Waals surface area contributed by atoms with Crippen LogP contribution in [0.3, 0.4) is 0 Å². The van der Waals surface area contributed by atoms with E-state index in [9.17, 15) is 13.2 Å². The van der Waals surface area contributed by atoms with E-state index in [0.717, 1.165) is 149 Å². The van der Waals surface area contributed by atoms with Gasteiger partial charge in [0, 0.05) is 123 Å². The quantitative estimate of drug-likeness (QED) is 0.100. The van der Waals surface area contributed by atoms with Crippen molar-refractivity contribution < 1.29 is 31.4 Å².